The number of carbonyl (C=O) groups is 1. The van der Waals surface area contributed by atoms with Crippen LogP contribution in [0.25, 0.3) is 6.08 Å². The van der Waals surface area contributed by atoms with Crippen LogP contribution in [0.4, 0.5) is 11.4 Å². The fourth-order valence-electron chi connectivity index (χ4n) is 4.27. The van der Waals surface area contributed by atoms with Crippen molar-refractivity contribution in [1.29, 1.82) is 0 Å². The van der Waals surface area contributed by atoms with Crippen LogP contribution in [0.5, 0.6) is 0 Å². The fraction of sp³-hybridized carbons (Fsp3) is 0.400. The molecule has 0 aromatic heterocycles. The first-order valence-corrected chi connectivity index (χ1v) is 10.7. The molecule has 1 N–H and O–H groups in total. The van der Waals surface area contributed by atoms with Gasteiger partial charge in [0.1, 0.15) is 0 Å². The number of nitrogens with zero attached hydrogens (tertiary/aromatic N) is 2. The van der Waals surface area contributed by atoms with Crippen LogP contribution in [0.1, 0.15) is 35.1 Å². The van der Waals surface area contributed by atoms with Gasteiger partial charge in [0, 0.05) is 50.5 Å². The maximum atomic E-state index is 11.5. The number of piperazine rings is 1. The molecule has 2 aromatic rings. The molecule has 0 aliphatic carbocycles. The van der Waals surface area contributed by atoms with Crippen molar-refractivity contribution in [2.45, 2.75) is 33.1 Å². The van der Waals surface area contributed by atoms with Crippen molar-refractivity contribution in [2.24, 2.45) is 0 Å². The van der Waals surface area contributed by atoms with Crippen LogP contribution in [0, 0.1) is 13.8 Å². The molecule has 2 aliphatic rings. The molecule has 4 heteroatoms. The maximum Gasteiger partial charge on any atom is 0.224 e. The third-order valence-corrected chi connectivity index (χ3v) is 6.24. The topological polar surface area (TPSA) is 35.6 Å². The predicted molar refractivity (Wildman–Crippen MR) is 122 cm³/mol. The Morgan fingerprint density at radius 3 is 2.69 bits per heavy atom. The molecule has 0 saturated carbocycles. The molecule has 2 aliphatic heterocycles. The van der Waals surface area contributed by atoms with E-state index in [0.29, 0.717) is 6.42 Å². The second-order valence-corrected chi connectivity index (χ2v) is 8.20. The van der Waals surface area contributed by atoms with E-state index in [0.717, 1.165) is 51.3 Å². The van der Waals surface area contributed by atoms with Gasteiger partial charge in [0.15, 0.2) is 0 Å². The molecule has 1 amide bonds. The van der Waals surface area contributed by atoms with Crippen molar-refractivity contribution in [1.82, 2.24) is 4.90 Å². The molecule has 1 fully saturated rings. The molecular weight excluding hydrogens is 358 g/mol. The first kappa shape index (κ1) is 19.7. The molecule has 152 valence electrons. The molecule has 0 atom stereocenters. The van der Waals surface area contributed by atoms with Crippen LogP contribution >= 0.6 is 0 Å². The second kappa shape index (κ2) is 8.83. The number of carbonyl (C=O) groups excluding carboxylic acids is 1. The van der Waals surface area contributed by atoms with Crippen molar-refractivity contribution in [2.75, 3.05) is 42.9 Å². The highest BCUT2D eigenvalue weighted by molar-refractivity contribution is 5.94. The van der Waals surface area contributed by atoms with Gasteiger partial charge in [-0.25, -0.2) is 0 Å². The molecular formula is C25H31N3O. The van der Waals surface area contributed by atoms with Gasteiger partial charge in [-0.15, -0.1) is 0 Å². The van der Waals surface area contributed by atoms with Gasteiger partial charge in [-0.05, 0) is 67.1 Å². The van der Waals surface area contributed by atoms with Gasteiger partial charge in [-0.2, -0.15) is 0 Å². The molecule has 0 unspecified atom stereocenters. The molecule has 4 nitrogen and oxygen atoms in total. The predicted octanol–water partition coefficient (Wildman–Crippen LogP) is 4.41. The van der Waals surface area contributed by atoms with E-state index in [-0.39, 0.29) is 5.91 Å². The van der Waals surface area contributed by atoms with Crippen molar-refractivity contribution < 1.29 is 4.79 Å². The van der Waals surface area contributed by atoms with Crippen LogP contribution in [-0.2, 0) is 11.2 Å². The highest BCUT2D eigenvalue weighted by Crippen LogP contribution is 2.25. The summed E-state index contributed by atoms with van der Waals surface area (Å²) in [7, 11) is 0. The molecule has 2 heterocycles. The number of nitrogens with one attached hydrogen (secondary N) is 1. The molecule has 1 saturated heterocycles. The standard InChI is InChI=1S/C25H31N3O/c1-19-6-5-8-24(20(19)2)28-16-14-27(15-17-28)13-4-3-7-21-9-11-23-22(18-21)10-12-25(29)26-23/h3,5-9,11,18H,4,10,12-17H2,1-2H3,(H,26,29)/b7-3+. The normalized spacial score (nSPS) is 17.4. The molecule has 4 rings (SSSR count). The van der Waals surface area contributed by atoms with Crippen LogP contribution in [0.15, 0.2) is 42.5 Å². The zero-order valence-corrected chi connectivity index (χ0v) is 17.6. The Hall–Kier alpha value is -2.59. The third-order valence-electron chi connectivity index (χ3n) is 6.24. The van der Waals surface area contributed by atoms with Crippen molar-refractivity contribution in [3.8, 4) is 0 Å². The van der Waals surface area contributed by atoms with Gasteiger partial charge in [-0.1, -0.05) is 30.4 Å². The number of anilines is 2. The maximum absolute atomic E-state index is 11.5. The number of amides is 1. The number of aryl methyl sites for hydroxylation is 2. The molecule has 29 heavy (non-hydrogen) atoms. The van der Waals surface area contributed by atoms with Crippen LogP contribution < -0.4 is 10.2 Å². The number of hydrogen-bond acceptors (Lipinski definition) is 3. The van der Waals surface area contributed by atoms with Gasteiger partial charge >= 0.3 is 0 Å². The van der Waals surface area contributed by atoms with Gasteiger partial charge < -0.3 is 10.2 Å². The number of benzene rings is 2. The summed E-state index contributed by atoms with van der Waals surface area (Å²) in [6.07, 6.45) is 6.99. The molecule has 0 spiro atoms. The summed E-state index contributed by atoms with van der Waals surface area (Å²) in [4.78, 5) is 16.6. The quantitative estimate of drug-likeness (QED) is 0.823. The zero-order chi connectivity index (χ0) is 20.2. The lowest BCUT2D eigenvalue weighted by Crippen LogP contribution is -2.46. The van der Waals surface area contributed by atoms with Crippen LogP contribution in [0.2, 0.25) is 0 Å². The summed E-state index contributed by atoms with van der Waals surface area (Å²) in [5.41, 5.74) is 7.62. The first-order valence-electron chi connectivity index (χ1n) is 10.7. The van der Waals surface area contributed by atoms with Crippen molar-refractivity contribution in [3.63, 3.8) is 0 Å². The Balaban J connectivity index is 1.25. The summed E-state index contributed by atoms with van der Waals surface area (Å²) in [6.45, 7) is 9.99. The Bertz CT molecular complexity index is 910. The summed E-state index contributed by atoms with van der Waals surface area (Å²) in [6, 6.07) is 12.9. The number of hydrogen-bond donors (Lipinski definition) is 1. The average molecular weight is 390 g/mol. The van der Waals surface area contributed by atoms with Gasteiger partial charge in [0.2, 0.25) is 5.91 Å². The Morgan fingerprint density at radius 2 is 1.86 bits per heavy atom. The summed E-state index contributed by atoms with van der Waals surface area (Å²) < 4.78 is 0. The van der Waals surface area contributed by atoms with Gasteiger partial charge in [0.25, 0.3) is 0 Å². The minimum atomic E-state index is 0.124. The molecule has 0 radical (unpaired) electrons. The van der Waals surface area contributed by atoms with Crippen LogP contribution in [-0.4, -0.2) is 43.5 Å². The Morgan fingerprint density at radius 1 is 1.03 bits per heavy atom. The van der Waals surface area contributed by atoms with Gasteiger partial charge in [0.05, 0.1) is 0 Å². The monoisotopic (exact) mass is 389 g/mol. The lowest BCUT2D eigenvalue weighted by atomic mass is 10.00. The van der Waals surface area contributed by atoms with E-state index in [1.54, 1.807) is 0 Å². The third kappa shape index (κ3) is 4.70. The van der Waals surface area contributed by atoms with E-state index >= 15 is 0 Å². The average Bonchev–Trinajstić information content (AvgIpc) is 2.74. The van der Waals surface area contributed by atoms with E-state index in [1.807, 2.05) is 6.07 Å². The van der Waals surface area contributed by atoms with E-state index in [2.05, 4.69) is 71.4 Å². The minimum Gasteiger partial charge on any atom is -0.369 e. The lowest BCUT2D eigenvalue weighted by molar-refractivity contribution is -0.116. The fourth-order valence-corrected chi connectivity index (χ4v) is 4.27. The molecule has 2 aromatic carbocycles. The van der Waals surface area contributed by atoms with E-state index in [9.17, 15) is 4.79 Å². The van der Waals surface area contributed by atoms with Crippen molar-refractivity contribution in [3.05, 3.63) is 64.7 Å². The largest absolute Gasteiger partial charge is 0.369 e. The smallest absolute Gasteiger partial charge is 0.224 e. The van der Waals surface area contributed by atoms with E-state index in [4.69, 9.17) is 0 Å². The molecule has 0 bridgehead atoms. The minimum absolute atomic E-state index is 0.124. The van der Waals surface area contributed by atoms with E-state index in [1.165, 1.54) is 27.9 Å². The summed E-state index contributed by atoms with van der Waals surface area (Å²) >= 11 is 0. The lowest BCUT2D eigenvalue weighted by Gasteiger charge is -2.37. The highest BCUT2D eigenvalue weighted by atomic mass is 16.1. The SMILES string of the molecule is Cc1cccc(N2CCN(CC/C=C/c3ccc4c(c3)CCC(=O)N4)CC2)c1C. The number of fused-ring (bicyclic) bond motifs is 1. The Labute approximate surface area is 174 Å². The summed E-state index contributed by atoms with van der Waals surface area (Å²) in [5, 5.41) is 2.95. The van der Waals surface area contributed by atoms with Gasteiger partial charge in [-0.3, -0.25) is 9.69 Å². The van der Waals surface area contributed by atoms with Crippen LogP contribution in [0.3, 0.4) is 0 Å². The Kier molecular flexibility index (Phi) is 6.00. The summed E-state index contributed by atoms with van der Waals surface area (Å²) in [5.74, 6) is 0.124. The second-order valence-electron chi connectivity index (χ2n) is 8.20. The highest BCUT2D eigenvalue weighted by Gasteiger charge is 2.18. The number of rotatable bonds is 5. The van der Waals surface area contributed by atoms with E-state index < -0.39 is 0 Å². The zero-order valence-electron chi connectivity index (χ0n) is 17.6. The first-order chi connectivity index (χ1) is 14.1. The van der Waals surface area contributed by atoms with Crippen molar-refractivity contribution >= 4 is 23.4 Å².